The standard InChI is InChI=1S/C16H10BBr3F2N2O/c1-25-10-4-2-9(3-5-10)15-12-6-7-14(19)23(12)17(21,22)24-13(15)8-11(18)16(24)20/h2-8H,1H3. The summed E-state index contributed by atoms with van der Waals surface area (Å²) in [7, 11) is 1.59. The van der Waals surface area contributed by atoms with Crippen LogP contribution in [0.15, 0.2) is 57.3 Å². The lowest BCUT2D eigenvalue weighted by Crippen LogP contribution is -2.50. The summed E-state index contributed by atoms with van der Waals surface area (Å²) in [5.41, 5.74) is 2.48. The third-order valence-corrected chi connectivity index (χ3v) is 6.90. The van der Waals surface area contributed by atoms with Crippen LogP contribution in [0.5, 0.6) is 5.75 Å². The number of allylic oxidation sites excluding steroid dienone is 2. The van der Waals surface area contributed by atoms with Gasteiger partial charge in [0, 0.05) is 27.7 Å². The van der Waals surface area contributed by atoms with E-state index in [1.165, 1.54) is 0 Å². The predicted octanol–water partition coefficient (Wildman–Crippen LogP) is 5.35. The molecule has 9 heteroatoms. The lowest BCUT2D eigenvalue weighted by Gasteiger charge is -2.32. The number of aromatic nitrogens is 1. The topological polar surface area (TPSA) is 17.2 Å². The van der Waals surface area contributed by atoms with Crippen LogP contribution >= 0.6 is 47.8 Å². The monoisotopic (exact) mass is 532 g/mol. The van der Waals surface area contributed by atoms with Crippen molar-refractivity contribution in [2.75, 3.05) is 7.11 Å². The van der Waals surface area contributed by atoms with Gasteiger partial charge in [0.05, 0.1) is 21.8 Å². The zero-order chi connectivity index (χ0) is 17.9. The van der Waals surface area contributed by atoms with Crippen molar-refractivity contribution in [3.63, 3.8) is 0 Å². The molecule has 3 heterocycles. The molecule has 128 valence electrons. The lowest BCUT2D eigenvalue weighted by atomic mass is 9.86. The van der Waals surface area contributed by atoms with Crippen molar-refractivity contribution in [2.45, 2.75) is 0 Å². The van der Waals surface area contributed by atoms with E-state index in [0.717, 1.165) is 20.1 Å². The summed E-state index contributed by atoms with van der Waals surface area (Å²) < 4.78 is 39.0. The molecule has 1 aromatic heterocycles. The maximum Gasteiger partial charge on any atom is 0.738 e. The van der Waals surface area contributed by atoms with Crippen LogP contribution in [-0.4, -0.2) is 27.7 Å². The molecule has 1 aromatic carbocycles. The Kier molecular flexibility index (Phi) is 4.08. The SMILES string of the molecule is COc1ccc(C2=C3C=C(Br)C(Br)=[N+]3[B-](F)(F)n3c(Br)ccc32)cc1. The predicted molar refractivity (Wildman–Crippen MR) is 106 cm³/mol. The highest BCUT2D eigenvalue weighted by atomic mass is 79.9. The average Bonchev–Trinajstić information content (AvgIpc) is 3.10. The van der Waals surface area contributed by atoms with Crippen molar-refractivity contribution in [2.24, 2.45) is 0 Å². The van der Waals surface area contributed by atoms with Crippen molar-refractivity contribution in [1.29, 1.82) is 0 Å². The number of rotatable bonds is 2. The van der Waals surface area contributed by atoms with Crippen LogP contribution in [0.3, 0.4) is 0 Å². The maximum atomic E-state index is 15.2. The molecular weight excluding hydrogens is 525 g/mol. The minimum absolute atomic E-state index is 0.310. The Hall–Kier alpha value is -1.19. The van der Waals surface area contributed by atoms with Gasteiger partial charge in [0.15, 0.2) is 5.70 Å². The minimum atomic E-state index is -4.03. The van der Waals surface area contributed by atoms with E-state index in [1.807, 2.05) is 24.3 Å². The molecule has 0 bridgehead atoms. The van der Waals surface area contributed by atoms with Gasteiger partial charge in [0.25, 0.3) is 0 Å². The molecule has 0 unspecified atom stereocenters. The Morgan fingerprint density at radius 2 is 1.72 bits per heavy atom. The van der Waals surface area contributed by atoms with Crippen LogP contribution in [0.2, 0.25) is 0 Å². The summed E-state index contributed by atoms with van der Waals surface area (Å²) in [5, 5.41) is 0. The first kappa shape index (κ1) is 17.2. The number of hydrogen-bond donors (Lipinski definition) is 0. The zero-order valence-electron chi connectivity index (χ0n) is 12.8. The Balaban J connectivity index is 2.07. The van der Waals surface area contributed by atoms with Gasteiger partial charge < -0.3 is 22.3 Å². The molecule has 2 aliphatic rings. The van der Waals surface area contributed by atoms with E-state index in [0.29, 0.717) is 30.8 Å². The summed E-state index contributed by atoms with van der Waals surface area (Å²) in [6.07, 6.45) is 1.71. The third kappa shape index (κ3) is 2.43. The van der Waals surface area contributed by atoms with E-state index >= 15 is 8.63 Å². The number of ether oxygens (including phenoxy) is 1. The Bertz CT molecular complexity index is 993. The van der Waals surface area contributed by atoms with Crippen LogP contribution in [0.1, 0.15) is 11.3 Å². The fraction of sp³-hybridized carbons (Fsp3) is 0.0625. The lowest BCUT2D eigenvalue weighted by molar-refractivity contribution is -0.358. The zero-order valence-corrected chi connectivity index (χ0v) is 17.6. The van der Waals surface area contributed by atoms with Gasteiger partial charge in [0.1, 0.15) is 5.75 Å². The van der Waals surface area contributed by atoms with Crippen molar-refractivity contribution < 1.29 is 17.9 Å². The minimum Gasteiger partial charge on any atom is -0.497 e. The Labute approximate surface area is 168 Å². The number of halogens is 5. The van der Waals surface area contributed by atoms with Crippen molar-refractivity contribution in [3.8, 4) is 5.75 Å². The van der Waals surface area contributed by atoms with Crippen LogP contribution in [-0.2, 0) is 0 Å². The van der Waals surface area contributed by atoms with E-state index in [4.69, 9.17) is 4.74 Å². The van der Waals surface area contributed by atoms with Crippen molar-refractivity contribution in [3.05, 3.63) is 68.5 Å². The maximum absolute atomic E-state index is 15.2. The van der Waals surface area contributed by atoms with Gasteiger partial charge in [-0.1, -0.05) is 12.1 Å². The Morgan fingerprint density at radius 1 is 1.04 bits per heavy atom. The number of hydrogen-bond acceptors (Lipinski definition) is 1. The van der Waals surface area contributed by atoms with Gasteiger partial charge in [0.2, 0.25) is 4.62 Å². The van der Waals surface area contributed by atoms with Crippen LogP contribution in [0.4, 0.5) is 8.63 Å². The van der Waals surface area contributed by atoms with E-state index in [9.17, 15) is 0 Å². The van der Waals surface area contributed by atoms with E-state index in [1.54, 1.807) is 25.3 Å². The van der Waals surface area contributed by atoms with Gasteiger partial charge in [-0.25, -0.2) is 0 Å². The second kappa shape index (κ2) is 5.92. The molecule has 0 saturated heterocycles. The quantitative estimate of drug-likeness (QED) is 0.475. The van der Waals surface area contributed by atoms with Gasteiger partial charge in [-0.05, 0) is 61.7 Å². The molecule has 0 saturated carbocycles. The average molecular weight is 535 g/mol. The van der Waals surface area contributed by atoms with Crippen LogP contribution in [0, 0.1) is 0 Å². The van der Waals surface area contributed by atoms with Crippen molar-refractivity contribution in [1.82, 2.24) is 4.48 Å². The second-order valence-corrected chi connectivity index (χ2v) is 8.06. The molecule has 0 radical (unpaired) electrons. The molecule has 0 aliphatic carbocycles. The van der Waals surface area contributed by atoms with Gasteiger partial charge in [-0.3, -0.25) is 0 Å². The third-order valence-electron chi connectivity index (χ3n) is 4.31. The van der Waals surface area contributed by atoms with Crippen LogP contribution < -0.4 is 4.74 Å². The molecule has 2 aliphatic heterocycles. The molecule has 0 atom stereocenters. The van der Waals surface area contributed by atoms with E-state index < -0.39 is 6.97 Å². The molecule has 0 N–H and O–H groups in total. The second-order valence-electron chi connectivity index (χ2n) is 5.64. The molecular formula is C16H10BBr3F2N2O. The molecule has 3 nitrogen and oxygen atoms in total. The van der Waals surface area contributed by atoms with Crippen molar-refractivity contribution >= 4 is 65.0 Å². The van der Waals surface area contributed by atoms with E-state index in [2.05, 4.69) is 47.8 Å². The molecule has 2 aromatic rings. The summed E-state index contributed by atoms with van der Waals surface area (Å²) in [6, 6.07) is 10.7. The summed E-state index contributed by atoms with van der Waals surface area (Å²) in [5.74, 6) is 0.712. The van der Waals surface area contributed by atoms with Crippen LogP contribution in [0.25, 0.3) is 5.57 Å². The molecule has 25 heavy (non-hydrogen) atoms. The van der Waals surface area contributed by atoms with Gasteiger partial charge in [-0.15, -0.1) is 0 Å². The number of fused-ring (bicyclic) bond motifs is 2. The first-order valence-corrected chi connectivity index (χ1v) is 9.71. The highest BCUT2D eigenvalue weighted by molar-refractivity contribution is 9.20. The number of benzene rings is 1. The Morgan fingerprint density at radius 3 is 2.36 bits per heavy atom. The van der Waals surface area contributed by atoms with Gasteiger partial charge in [-0.2, -0.15) is 0 Å². The van der Waals surface area contributed by atoms with E-state index in [-0.39, 0.29) is 0 Å². The summed E-state index contributed by atoms with van der Waals surface area (Å²) in [6.45, 7) is -4.03. The largest absolute Gasteiger partial charge is 0.738 e. The summed E-state index contributed by atoms with van der Waals surface area (Å²) in [4.78, 5) is 0. The first-order valence-electron chi connectivity index (χ1n) is 7.34. The first-order chi connectivity index (χ1) is 11.9. The smallest absolute Gasteiger partial charge is 0.497 e. The highest BCUT2D eigenvalue weighted by Crippen LogP contribution is 2.44. The normalized spacial score (nSPS) is 18.2. The fourth-order valence-electron chi connectivity index (χ4n) is 3.21. The van der Waals surface area contributed by atoms with Gasteiger partial charge >= 0.3 is 6.97 Å². The molecule has 0 spiro atoms. The summed E-state index contributed by atoms with van der Waals surface area (Å²) >= 11 is 9.90. The molecule has 0 fully saturated rings. The molecule has 0 amide bonds. The number of methoxy groups -OCH3 is 1. The molecule has 4 rings (SSSR count). The highest BCUT2D eigenvalue weighted by Gasteiger charge is 2.55. The number of nitrogens with zero attached hydrogens (tertiary/aromatic N) is 2. The fourth-order valence-corrected chi connectivity index (χ4v) is 4.74.